The van der Waals surface area contributed by atoms with Crippen molar-refractivity contribution in [2.45, 2.75) is 38.5 Å². The highest BCUT2D eigenvalue weighted by Gasteiger charge is 2.12. The van der Waals surface area contributed by atoms with E-state index in [1.54, 1.807) is 11.8 Å². The van der Waals surface area contributed by atoms with Gasteiger partial charge in [0.2, 0.25) is 5.91 Å². The molecule has 0 saturated heterocycles. The summed E-state index contributed by atoms with van der Waals surface area (Å²) in [4.78, 5) is 18.1. The summed E-state index contributed by atoms with van der Waals surface area (Å²) in [5, 5.41) is 5.63. The number of rotatable bonds is 7. The molecule has 2 aromatic carbocycles. The summed E-state index contributed by atoms with van der Waals surface area (Å²) < 4.78 is 0. The number of nitrogens with one attached hydrogen (secondary N) is 1. The van der Waals surface area contributed by atoms with E-state index in [1.807, 2.05) is 23.6 Å². The van der Waals surface area contributed by atoms with Gasteiger partial charge in [-0.1, -0.05) is 35.9 Å². The predicted molar refractivity (Wildman–Crippen MR) is 117 cm³/mol. The van der Waals surface area contributed by atoms with Crippen LogP contribution in [0.1, 0.15) is 29.5 Å². The van der Waals surface area contributed by atoms with E-state index in [-0.39, 0.29) is 5.91 Å². The number of carbonyl (C=O) groups is 1. The minimum Gasteiger partial charge on any atom is -0.302 e. The van der Waals surface area contributed by atoms with Crippen molar-refractivity contribution >= 4 is 34.1 Å². The number of hydrogen-bond donors (Lipinski definition) is 1. The van der Waals surface area contributed by atoms with E-state index in [4.69, 9.17) is 0 Å². The Balaban J connectivity index is 1.52. The zero-order valence-corrected chi connectivity index (χ0v) is 17.5. The molecule has 1 N–H and O–H groups in total. The van der Waals surface area contributed by atoms with Gasteiger partial charge in [0.05, 0.1) is 5.69 Å². The summed E-state index contributed by atoms with van der Waals surface area (Å²) in [6.07, 6.45) is 1.36. The second-order valence-electron chi connectivity index (χ2n) is 6.62. The molecule has 0 bridgehead atoms. The molecule has 0 radical (unpaired) electrons. The summed E-state index contributed by atoms with van der Waals surface area (Å²) in [5.41, 5.74) is 5.79. The second-order valence-corrected chi connectivity index (χ2v) is 8.65. The molecule has 0 aliphatic rings. The molecule has 3 nitrogen and oxygen atoms in total. The second kappa shape index (κ2) is 9.20. The van der Waals surface area contributed by atoms with Gasteiger partial charge in [-0.05, 0) is 56.2 Å². The fraction of sp³-hybridized carbons (Fsp3) is 0.273. The molecule has 3 rings (SSSR count). The van der Waals surface area contributed by atoms with Crippen molar-refractivity contribution in [3.8, 4) is 11.3 Å². The van der Waals surface area contributed by atoms with Crippen molar-refractivity contribution in [3.63, 3.8) is 0 Å². The molecule has 3 aromatic rings. The fourth-order valence-electron chi connectivity index (χ4n) is 3.15. The molecule has 1 aromatic heterocycles. The van der Waals surface area contributed by atoms with Gasteiger partial charge < -0.3 is 5.32 Å². The average Bonchev–Trinajstić information content (AvgIpc) is 3.06. The van der Waals surface area contributed by atoms with Crippen LogP contribution in [0.15, 0.2) is 52.7 Å². The Labute approximate surface area is 169 Å². The Hall–Kier alpha value is -2.11. The highest BCUT2D eigenvalue weighted by atomic mass is 32.2. The highest BCUT2D eigenvalue weighted by molar-refractivity contribution is 7.99. The van der Waals surface area contributed by atoms with Crippen LogP contribution in [0.3, 0.4) is 0 Å². The largest absolute Gasteiger partial charge is 0.302 e. The molecule has 0 aliphatic heterocycles. The van der Waals surface area contributed by atoms with Crippen LogP contribution in [0.4, 0.5) is 5.13 Å². The van der Waals surface area contributed by atoms with E-state index >= 15 is 0 Å². The molecule has 0 fully saturated rings. The standard InChI is InChI=1S/C22H24N2OS2/c1-15-12-16(2)21(17(3)13-15)19-14-27-22(23-19)24-20(25)10-7-11-26-18-8-5-4-6-9-18/h4-6,8-9,12-14H,7,10-11H2,1-3H3,(H,23,24,25). The summed E-state index contributed by atoms with van der Waals surface area (Å²) in [6, 6.07) is 14.6. The van der Waals surface area contributed by atoms with Crippen LogP contribution >= 0.6 is 23.1 Å². The van der Waals surface area contributed by atoms with Crippen LogP contribution in [-0.2, 0) is 4.79 Å². The van der Waals surface area contributed by atoms with E-state index in [9.17, 15) is 4.79 Å². The maximum atomic E-state index is 12.2. The number of nitrogens with zero attached hydrogens (tertiary/aromatic N) is 1. The molecule has 0 saturated carbocycles. The Bertz CT molecular complexity index is 896. The number of anilines is 1. The first kappa shape index (κ1) is 19.6. The Kier molecular flexibility index (Phi) is 6.69. The van der Waals surface area contributed by atoms with E-state index in [2.05, 4.69) is 55.3 Å². The third-order valence-electron chi connectivity index (χ3n) is 4.24. The Morgan fingerprint density at radius 3 is 2.52 bits per heavy atom. The van der Waals surface area contributed by atoms with Crippen LogP contribution in [0.25, 0.3) is 11.3 Å². The van der Waals surface area contributed by atoms with E-state index < -0.39 is 0 Å². The molecule has 1 heterocycles. The van der Waals surface area contributed by atoms with Crippen LogP contribution in [0.5, 0.6) is 0 Å². The molecule has 0 aliphatic carbocycles. The molecule has 140 valence electrons. The smallest absolute Gasteiger partial charge is 0.226 e. The van der Waals surface area contributed by atoms with Crippen molar-refractivity contribution in [1.82, 2.24) is 4.98 Å². The van der Waals surface area contributed by atoms with Crippen molar-refractivity contribution < 1.29 is 4.79 Å². The van der Waals surface area contributed by atoms with Gasteiger partial charge in [-0.2, -0.15) is 0 Å². The Morgan fingerprint density at radius 2 is 1.81 bits per heavy atom. The van der Waals surface area contributed by atoms with Gasteiger partial charge in [0, 0.05) is 22.3 Å². The molecular weight excluding hydrogens is 372 g/mol. The maximum Gasteiger partial charge on any atom is 0.226 e. The van der Waals surface area contributed by atoms with Gasteiger partial charge in [-0.3, -0.25) is 4.79 Å². The van der Waals surface area contributed by atoms with Gasteiger partial charge in [0.25, 0.3) is 0 Å². The third-order valence-corrected chi connectivity index (χ3v) is 6.10. The first-order chi connectivity index (χ1) is 13.0. The van der Waals surface area contributed by atoms with E-state index in [0.717, 1.165) is 23.4 Å². The van der Waals surface area contributed by atoms with Crippen molar-refractivity contribution in [3.05, 3.63) is 64.5 Å². The number of benzene rings is 2. The van der Waals surface area contributed by atoms with Gasteiger partial charge >= 0.3 is 0 Å². The SMILES string of the molecule is Cc1cc(C)c(-c2csc(NC(=O)CCCSc3ccccc3)n2)c(C)c1. The van der Waals surface area contributed by atoms with Crippen LogP contribution in [-0.4, -0.2) is 16.6 Å². The van der Waals surface area contributed by atoms with Gasteiger partial charge in [0.1, 0.15) is 0 Å². The number of aryl methyl sites for hydroxylation is 3. The van der Waals surface area contributed by atoms with Crippen molar-refractivity contribution in [1.29, 1.82) is 0 Å². The third kappa shape index (κ3) is 5.44. The summed E-state index contributed by atoms with van der Waals surface area (Å²) in [5.74, 6) is 0.962. The fourth-order valence-corrected chi connectivity index (χ4v) is 4.74. The number of aromatic nitrogens is 1. The zero-order chi connectivity index (χ0) is 19.2. The monoisotopic (exact) mass is 396 g/mol. The molecule has 1 amide bonds. The molecular formula is C22H24N2OS2. The zero-order valence-electron chi connectivity index (χ0n) is 15.9. The molecule has 0 spiro atoms. The molecule has 27 heavy (non-hydrogen) atoms. The van der Waals surface area contributed by atoms with Gasteiger partial charge in [0.15, 0.2) is 5.13 Å². The molecule has 5 heteroatoms. The van der Waals surface area contributed by atoms with Crippen LogP contribution < -0.4 is 5.32 Å². The lowest BCUT2D eigenvalue weighted by atomic mass is 9.98. The topological polar surface area (TPSA) is 42.0 Å². The number of amides is 1. The van der Waals surface area contributed by atoms with Crippen LogP contribution in [0, 0.1) is 20.8 Å². The average molecular weight is 397 g/mol. The lowest BCUT2D eigenvalue weighted by molar-refractivity contribution is -0.116. The summed E-state index contributed by atoms with van der Waals surface area (Å²) in [7, 11) is 0. The predicted octanol–water partition coefficient (Wildman–Crippen LogP) is 6.25. The Morgan fingerprint density at radius 1 is 1.11 bits per heavy atom. The first-order valence-electron chi connectivity index (χ1n) is 9.04. The molecule has 0 unspecified atom stereocenters. The number of thioether (sulfide) groups is 1. The van der Waals surface area contributed by atoms with Gasteiger partial charge in [-0.25, -0.2) is 4.98 Å². The summed E-state index contributed by atoms with van der Waals surface area (Å²) >= 11 is 3.26. The van der Waals surface area contributed by atoms with Gasteiger partial charge in [-0.15, -0.1) is 23.1 Å². The van der Waals surface area contributed by atoms with Crippen LogP contribution in [0.2, 0.25) is 0 Å². The number of hydrogen-bond acceptors (Lipinski definition) is 4. The minimum atomic E-state index is 0.0295. The van der Waals surface area contributed by atoms with Crippen molar-refractivity contribution in [2.75, 3.05) is 11.1 Å². The van der Waals surface area contributed by atoms with E-state index in [1.165, 1.54) is 32.9 Å². The normalized spacial score (nSPS) is 10.8. The first-order valence-corrected chi connectivity index (χ1v) is 10.9. The molecule has 0 atom stereocenters. The number of thiazole rings is 1. The minimum absolute atomic E-state index is 0.0295. The van der Waals surface area contributed by atoms with E-state index in [0.29, 0.717) is 11.6 Å². The lowest BCUT2D eigenvalue weighted by Gasteiger charge is -2.08. The highest BCUT2D eigenvalue weighted by Crippen LogP contribution is 2.31. The number of carbonyl (C=O) groups excluding carboxylic acids is 1. The summed E-state index contributed by atoms with van der Waals surface area (Å²) in [6.45, 7) is 6.32. The maximum absolute atomic E-state index is 12.2. The quantitative estimate of drug-likeness (QED) is 0.379. The van der Waals surface area contributed by atoms with Crippen molar-refractivity contribution in [2.24, 2.45) is 0 Å². The lowest BCUT2D eigenvalue weighted by Crippen LogP contribution is -2.11.